The first-order chi connectivity index (χ1) is 15.1. The molecule has 2 N–H and O–H groups in total. The third-order valence-corrected chi connectivity index (χ3v) is 5.54. The molecule has 0 spiro atoms. The molecule has 0 radical (unpaired) electrons. The van der Waals surface area contributed by atoms with Gasteiger partial charge in [0.05, 0.1) is 19.3 Å². The molecule has 0 saturated carbocycles. The van der Waals surface area contributed by atoms with E-state index in [0.29, 0.717) is 41.7 Å². The van der Waals surface area contributed by atoms with Crippen LogP contribution in [0.5, 0.6) is 0 Å². The van der Waals surface area contributed by atoms with Crippen LogP contribution < -0.4 is 16.2 Å². The Labute approximate surface area is 177 Å². The molecule has 31 heavy (non-hydrogen) atoms. The lowest BCUT2D eigenvalue weighted by atomic mass is 10.1. The number of nitrogens with two attached hydrogens (primary N) is 1. The largest absolute Gasteiger partial charge is 0.341 e. The fourth-order valence-corrected chi connectivity index (χ4v) is 4.03. The molecule has 1 aliphatic rings. The van der Waals surface area contributed by atoms with E-state index in [2.05, 4.69) is 32.2 Å². The summed E-state index contributed by atoms with van der Waals surface area (Å²) in [7, 11) is 0. The van der Waals surface area contributed by atoms with Gasteiger partial charge in [-0.1, -0.05) is 12.0 Å². The number of rotatable bonds is 4. The van der Waals surface area contributed by atoms with Crippen molar-refractivity contribution in [3.63, 3.8) is 0 Å². The Morgan fingerprint density at radius 2 is 2.13 bits per heavy atom. The van der Waals surface area contributed by atoms with Crippen molar-refractivity contribution >= 4 is 28.0 Å². The van der Waals surface area contributed by atoms with Crippen LogP contribution >= 0.6 is 0 Å². The third-order valence-electron chi connectivity index (χ3n) is 5.54. The second-order valence-electron chi connectivity index (χ2n) is 7.70. The maximum atomic E-state index is 13.4. The molecule has 0 aliphatic carbocycles. The second kappa shape index (κ2) is 7.85. The van der Waals surface area contributed by atoms with Gasteiger partial charge in [0.1, 0.15) is 22.1 Å². The molecule has 4 heterocycles. The van der Waals surface area contributed by atoms with E-state index >= 15 is 0 Å². The van der Waals surface area contributed by atoms with Gasteiger partial charge in [-0.15, -0.1) is 5.92 Å². The summed E-state index contributed by atoms with van der Waals surface area (Å²) in [5.41, 5.74) is 9.20. The molecule has 5 rings (SSSR count). The predicted molar refractivity (Wildman–Crippen MR) is 116 cm³/mol. The second-order valence-corrected chi connectivity index (χ2v) is 7.70. The summed E-state index contributed by atoms with van der Waals surface area (Å²) in [6, 6.07) is 5.62. The molecule has 1 aromatic carbocycles. The van der Waals surface area contributed by atoms with E-state index in [4.69, 9.17) is 15.3 Å². The molecule has 0 bridgehead atoms. The first-order valence-electron chi connectivity index (χ1n) is 10.2. The average Bonchev–Trinajstić information content (AvgIpc) is 3.38. The molecule has 4 aromatic rings. The highest BCUT2D eigenvalue weighted by Gasteiger charge is 2.24. The van der Waals surface area contributed by atoms with Crippen molar-refractivity contribution in [1.82, 2.24) is 29.6 Å². The molecule has 3 aromatic heterocycles. The molecule has 1 fully saturated rings. The predicted octanol–water partition coefficient (Wildman–Crippen LogP) is 1.13. The molecule has 0 unspecified atom stereocenters. The summed E-state index contributed by atoms with van der Waals surface area (Å²) in [4.78, 5) is 20.3. The quantitative estimate of drug-likeness (QED) is 0.490. The summed E-state index contributed by atoms with van der Waals surface area (Å²) >= 11 is 0. The van der Waals surface area contributed by atoms with Gasteiger partial charge in [0, 0.05) is 19.1 Å². The van der Waals surface area contributed by atoms with E-state index in [-0.39, 0.29) is 11.6 Å². The van der Waals surface area contributed by atoms with Crippen LogP contribution in [0.3, 0.4) is 0 Å². The minimum atomic E-state index is -0.214. The van der Waals surface area contributed by atoms with Crippen molar-refractivity contribution < 1.29 is 4.63 Å². The number of aromatic nitrogens is 6. The highest BCUT2D eigenvalue weighted by molar-refractivity contribution is 5.77. The van der Waals surface area contributed by atoms with Crippen LogP contribution in [0.1, 0.15) is 25.3 Å². The molecule has 158 valence electrons. The fourth-order valence-electron chi connectivity index (χ4n) is 4.03. The zero-order valence-corrected chi connectivity index (χ0v) is 17.2. The summed E-state index contributed by atoms with van der Waals surface area (Å²) in [6.45, 7) is 4.01. The number of nitrogens with zero attached hydrogens (tertiary/aromatic N) is 7. The lowest BCUT2D eigenvalue weighted by Gasteiger charge is -2.31. The van der Waals surface area contributed by atoms with E-state index in [9.17, 15) is 4.79 Å². The van der Waals surface area contributed by atoms with Gasteiger partial charge in [-0.05, 0) is 47.8 Å². The molecule has 10 nitrogen and oxygen atoms in total. The molecule has 10 heteroatoms. The normalized spacial score (nSPS) is 16.6. The Morgan fingerprint density at radius 3 is 2.97 bits per heavy atom. The molecular formula is C21H22N8O2. The summed E-state index contributed by atoms with van der Waals surface area (Å²) in [6.07, 6.45) is 3.62. The topological polar surface area (TPSA) is 121 Å². The zero-order chi connectivity index (χ0) is 21.4. The third kappa shape index (κ3) is 3.53. The minimum absolute atomic E-state index is 0.0926. The molecule has 0 amide bonds. The highest BCUT2D eigenvalue weighted by atomic mass is 16.6. The van der Waals surface area contributed by atoms with Gasteiger partial charge >= 0.3 is 0 Å². The van der Waals surface area contributed by atoms with Crippen LogP contribution in [0.2, 0.25) is 0 Å². The first kappa shape index (κ1) is 19.3. The van der Waals surface area contributed by atoms with Crippen molar-refractivity contribution in [1.29, 1.82) is 0 Å². The summed E-state index contributed by atoms with van der Waals surface area (Å²) < 4.78 is 8.07. The molecule has 1 saturated heterocycles. The van der Waals surface area contributed by atoms with Gasteiger partial charge in [-0.25, -0.2) is 14.3 Å². The number of anilines is 1. The Hall–Kier alpha value is -3.71. The smallest absolute Gasteiger partial charge is 0.293 e. The number of hydrogen-bond acceptors (Lipinski definition) is 8. The van der Waals surface area contributed by atoms with E-state index in [0.717, 1.165) is 30.9 Å². The zero-order valence-electron chi connectivity index (χ0n) is 17.2. The van der Waals surface area contributed by atoms with E-state index in [1.807, 2.05) is 22.8 Å². The van der Waals surface area contributed by atoms with Crippen LogP contribution in [0.25, 0.3) is 22.1 Å². The SMILES string of the molecule is CC#CCn1c(N2CCC[C@@H](N)C2)nc2cnn(Cc3ccc4nonc4c3)c(=O)c21. The van der Waals surface area contributed by atoms with Gasteiger partial charge in [0.25, 0.3) is 5.56 Å². The number of hydrogen-bond donors (Lipinski definition) is 1. The van der Waals surface area contributed by atoms with Crippen LogP contribution in [-0.4, -0.2) is 48.8 Å². The maximum absolute atomic E-state index is 13.4. The van der Waals surface area contributed by atoms with E-state index in [1.165, 1.54) is 4.68 Å². The molecular weight excluding hydrogens is 396 g/mol. The standard InChI is InChI=1S/C21H22N8O2/c1-2-3-9-28-19-18(24-21(28)27-8-4-5-15(22)13-27)11-23-29(20(19)30)12-14-6-7-16-17(10-14)26-31-25-16/h6-7,10-11,15H,4-5,8-9,12-13,22H2,1H3/t15-/m1/s1. The van der Waals surface area contributed by atoms with Gasteiger partial charge in [-0.2, -0.15) is 5.10 Å². The molecule has 1 aliphatic heterocycles. The fraction of sp³-hybridized carbons (Fsp3) is 0.381. The van der Waals surface area contributed by atoms with Gasteiger partial charge in [0.2, 0.25) is 5.95 Å². The summed E-state index contributed by atoms with van der Waals surface area (Å²) in [5, 5.41) is 12.0. The van der Waals surface area contributed by atoms with Gasteiger partial charge in [-0.3, -0.25) is 9.36 Å². The van der Waals surface area contributed by atoms with E-state index in [1.54, 1.807) is 13.1 Å². The van der Waals surface area contributed by atoms with E-state index < -0.39 is 0 Å². The average molecular weight is 418 g/mol. The van der Waals surface area contributed by atoms with Crippen molar-refractivity contribution in [2.24, 2.45) is 5.73 Å². The van der Waals surface area contributed by atoms with Crippen LogP contribution in [0, 0.1) is 11.8 Å². The van der Waals surface area contributed by atoms with Crippen molar-refractivity contribution in [2.75, 3.05) is 18.0 Å². The van der Waals surface area contributed by atoms with Gasteiger partial charge in [0.15, 0.2) is 0 Å². The van der Waals surface area contributed by atoms with Crippen molar-refractivity contribution in [3.8, 4) is 11.8 Å². The number of piperidine rings is 1. The maximum Gasteiger partial charge on any atom is 0.293 e. The Balaban J connectivity index is 1.58. The Bertz CT molecular complexity index is 1370. The number of benzene rings is 1. The Morgan fingerprint density at radius 1 is 1.26 bits per heavy atom. The number of imidazole rings is 1. The first-order valence-corrected chi connectivity index (χ1v) is 10.2. The highest BCUT2D eigenvalue weighted by Crippen LogP contribution is 2.23. The van der Waals surface area contributed by atoms with Crippen LogP contribution in [0.15, 0.2) is 33.8 Å². The minimum Gasteiger partial charge on any atom is -0.341 e. The van der Waals surface area contributed by atoms with Crippen LogP contribution in [-0.2, 0) is 13.1 Å². The summed E-state index contributed by atoms with van der Waals surface area (Å²) in [5.74, 6) is 6.70. The Kier molecular flexibility index (Phi) is 4.88. The van der Waals surface area contributed by atoms with Crippen molar-refractivity contribution in [3.05, 3.63) is 40.3 Å². The van der Waals surface area contributed by atoms with Crippen molar-refractivity contribution in [2.45, 2.75) is 38.9 Å². The lowest BCUT2D eigenvalue weighted by Crippen LogP contribution is -2.44. The lowest BCUT2D eigenvalue weighted by molar-refractivity contribution is 0.315. The number of fused-ring (bicyclic) bond motifs is 2. The monoisotopic (exact) mass is 418 g/mol. The molecule has 1 atom stereocenters. The van der Waals surface area contributed by atoms with Crippen LogP contribution in [0.4, 0.5) is 5.95 Å². The van der Waals surface area contributed by atoms with Gasteiger partial charge < -0.3 is 10.6 Å².